The molecule has 2 atom stereocenters. The van der Waals surface area contributed by atoms with Crippen molar-refractivity contribution in [3.8, 4) is 11.3 Å². The summed E-state index contributed by atoms with van der Waals surface area (Å²) in [5, 5.41) is 10.9. The normalized spacial score (nSPS) is 23.3. The van der Waals surface area contributed by atoms with Crippen molar-refractivity contribution in [2.24, 2.45) is 5.92 Å². The molecule has 4 heteroatoms. The fourth-order valence-corrected chi connectivity index (χ4v) is 4.53. The maximum atomic E-state index is 14.5. The summed E-state index contributed by atoms with van der Waals surface area (Å²) in [6.07, 6.45) is 7.88. The van der Waals surface area contributed by atoms with E-state index in [1.807, 2.05) is 10.6 Å². The van der Waals surface area contributed by atoms with E-state index in [-0.39, 0.29) is 11.9 Å². The molecule has 3 nitrogen and oxygen atoms in total. The van der Waals surface area contributed by atoms with E-state index in [0.29, 0.717) is 17.9 Å². The van der Waals surface area contributed by atoms with E-state index < -0.39 is 6.10 Å². The van der Waals surface area contributed by atoms with Crippen LogP contribution in [0.25, 0.3) is 11.3 Å². The molecule has 1 aliphatic heterocycles. The number of fused-ring (bicyclic) bond motifs is 3. The van der Waals surface area contributed by atoms with E-state index in [1.165, 1.54) is 17.2 Å². The molecule has 0 bridgehead atoms. The SMILES string of the molecule is CC(C)=C1CCC(C(O)CC2c3c(F)cccc3-c3cncn32)CC1. The number of nitrogens with zero attached hydrogens (tertiary/aromatic N) is 2. The number of hydrogen-bond acceptors (Lipinski definition) is 2. The van der Waals surface area contributed by atoms with Gasteiger partial charge in [0, 0.05) is 11.1 Å². The standard InChI is InChI=1S/C21H25FN2O/c1-13(2)14-6-8-15(9-7-14)20(25)10-18-21-16(4-3-5-17(21)22)19-11-23-12-24(18)19/h3-5,11-12,15,18,20,25H,6-10H2,1-2H3. The third-order valence-corrected chi connectivity index (χ3v) is 6.01. The summed E-state index contributed by atoms with van der Waals surface area (Å²) < 4.78 is 16.5. The summed E-state index contributed by atoms with van der Waals surface area (Å²) in [4.78, 5) is 4.22. The monoisotopic (exact) mass is 340 g/mol. The minimum atomic E-state index is -0.412. The quantitative estimate of drug-likeness (QED) is 0.810. The van der Waals surface area contributed by atoms with Crippen LogP contribution in [0, 0.1) is 11.7 Å². The molecule has 1 N–H and O–H groups in total. The average Bonchev–Trinajstić information content (AvgIpc) is 3.18. The third-order valence-electron chi connectivity index (χ3n) is 6.01. The molecule has 1 aromatic heterocycles. The Hall–Kier alpha value is -1.94. The lowest BCUT2D eigenvalue weighted by Crippen LogP contribution is -2.27. The van der Waals surface area contributed by atoms with Crippen LogP contribution in [0.4, 0.5) is 4.39 Å². The minimum Gasteiger partial charge on any atom is -0.393 e. The van der Waals surface area contributed by atoms with Crippen LogP contribution >= 0.6 is 0 Å². The maximum Gasteiger partial charge on any atom is 0.129 e. The van der Waals surface area contributed by atoms with Crippen LogP contribution in [0.3, 0.4) is 0 Å². The fourth-order valence-electron chi connectivity index (χ4n) is 4.53. The second-order valence-corrected chi connectivity index (χ2v) is 7.65. The molecular weight excluding hydrogens is 315 g/mol. The molecule has 0 amide bonds. The first-order chi connectivity index (χ1) is 12.1. The molecule has 2 aromatic rings. The molecule has 1 saturated carbocycles. The number of aliphatic hydroxyl groups is 1. The zero-order valence-electron chi connectivity index (χ0n) is 14.9. The van der Waals surface area contributed by atoms with E-state index in [9.17, 15) is 9.50 Å². The number of aliphatic hydroxyl groups excluding tert-OH is 1. The Balaban J connectivity index is 1.55. The van der Waals surface area contributed by atoms with Crippen molar-refractivity contribution in [2.75, 3.05) is 0 Å². The van der Waals surface area contributed by atoms with Crippen LogP contribution in [0.1, 0.15) is 57.6 Å². The summed E-state index contributed by atoms with van der Waals surface area (Å²) in [6.45, 7) is 4.34. The van der Waals surface area contributed by atoms with Crippen molar-refractivity contribution >= 4 is 0 Å². The molecule has 1 aliphatic carbocycles. The number of allylic oxidation sites excluding steroid dienone is 2. The summed E-state index contributed by atoms with van der Waals surface area (Å²) >= 11 is 0. The molecule has 0 saturated heterocycles. The van der Waals surface area contributed by atoms with Gasteiger partial charge in [0.05, 0.1) is 30.4 Å². The van der Waals surface area contributed by atoms with E-state index >= 15 is 0 Å². The topological polar surface area (TPSA) is 38.1 Å². The predicted molar refractivity (Wildman–Crippen MR) is 96.7 cm³/mol. The van der Waals surface area contributed by atoms with Crippen molar-refractivity contribution < 1.29 is 9.50 Å². The summed E-state index contributed by atoms with van der Waals surface area (Å²) in [5.41, 5.74) is 5.52. The summed E-state index contributed by atoms with van der Waals surface area (Å²) in [5.74, 6) is 0.111. The predicted octanol–water partition coefficient (Wildman–Crippen LogP) is 4.87. The lowest BCUT2D eigenvalue weighted by atomic mass is 9.79. The van der Waals surface area contributed by atoms with Crippen LogP contribution in [-0.2, 0) is 0 Å². The van der Waals surface area contributed by atoms with Gasteiger partial charge >= 0.3 is 0 Å². The Labute approximate surface area is 148 Å². The molecule has 0 spiro atoms. The van der Waals surface area contributed by atoms with E-state index in [0.717, 1.165) is 36.9 Å². The number of benzene rings is 1. The van der Waals surface area contributed by atoms with Crippen molar-refractivity contribution in [2.45, 2.75) is 58.1 Å². The highest BCUT2D eigenvalue weighted by Crippen LogP contribution is 2.44. The molecule has 0 radical (unpaired) electrons. The maximum absolute atomic E-state index is 14.5. The lowest BCUT2D eigenvalue weighted by molar-refractivity contribution is 0.0741. The van der Waals surface area contributed by atoms with Crippen LogP contribution in [0.5, 0.6) is 0 Å². The van der Waals surface area contributed by atoms with Gasteiger partial charge in [-0.1, -0.05) is 23.3 Å². The van der Waals surface area contributed by atoms with Gasteiger partial charge in [-0.2, -0.15) is 0 Å². The minimum absolute atomic E-state index is 0.159. The first-order valence-corrected chi connectivity index (χ1v) is 9.20. The molecular formula is C21H25FN2O. The average molecular weight is 340 g/mol. The molecule has 2 heterocycles. The molecule has 25 heavy (non-hydrogen) atoms. The number of halogens is 1. The Morgan fingerprint density at radius 2 is 2.08 bits per heavy atom. The van der Waals surface area contributed by atoms with Gasteiger partial charge in [-0.3, -0.25) is 0 Å². The smallest absolute Gasteiger partial charge is 0.129 e. The number of rotatable bonds is 3. The van der Waals surface area contributed by atoms with Gasteiger partial charge in [0.25, 0.3) is 0 Å². The highest BCUT2D eigenvalue weighted by atomic mass is 19.1. The van der Waals surface area contributed by atoms with Crippen molar-refractivity contribution in [3.05, 3.63) is 53.3 Å². The highest BCUT2D eigenvalue weighted by Gasteiger charge is 2.34. The second-order valence-electron chi connectivity index (χ2n) is 7.65. The molecule has 132 valence electrons. The van der Waals surface area contributed by atoms with Crippen LogP contribution in [-0.4, -0.2) is 20.8 Å². The molecule has 1 aromatic carbocycles. The molecule has 4 rings (SSSR count). The molecule has 1 fully saturated rings. The number of hydrogen-bond donors (Lipinski definition) is 1. The first kappa shape index (κ1) is 16.5. The number of imidazole rings is 1. The van der Waals surface area contributed by atoms with Gasteiger partial charge in [-0.15, -0.1) is 0 Å². The first-order valence-electron chi connectivity index (χ1n) is 9.20. The van der Waals surface area contributed by atoms with Crippen molar-refractivity contribution in [3.63, 3.8) is 0 Å². The molecule has 2 aliphatic rings. The van der Waals surface area contributed by atoms with Gasteiger partial charge in [0.15, 0.2) is 0 Å². The van der Waals surface area contributed by atoms with Gasteiger partial charge < -0.3 is 9.67 Å². The summed E-state index contributed by atoms with van der Waals surface area (Å²) in [6, 6.07) is 5.04. The summed E-state index contributed by atoms with van der Waals surface area (Å²) in [7, 11) is 0. The lowest BCUT2D eigenvalue weighted by Gasteiger charge is -2.30. The van der Waals surface area contributed by atoms with E-state index in [2.05, 4.69) is 18.8 Å². The van der Waals surface area contributed by atoms with E-state index in [1.54, 1.807) is 18.6 Å². The van der Waals surface area contributed by atoms with Gasteiger partial charge in [0.2, 0.25) is 0 Å². The van der Waals surface area contributed by atoms with Gasteiger partial charge in [-0.25, -0.2) is 9.37 Å². The van der Waals surface area contributed by atoms with Gasteiger partial charge in [-0.05, 0) is 57.9 Å². The zero-order chi connectivity index (χ0) is 17.6. The largest absolute Gasteiger partial charge is 0.393 e. The Morgan fingerprint density at radius 3 is 2.80 bits per heavy atom. The highest BCUT2D eigenvalue weighted by molar-refractivity contribution is 5.69. The van der Waals surface area contributed by atoms with Crippen LogP contribution < -0.4 is 0 Å². The van der Waals surface area contributed by atoms with Crippen LogP contribution in [0.2, 0.25) is 0 Å². The molecule has 2 unspecified atom stereocenters. The van der Waals surface area contributed by atoms with E-state index in [4.69, 9.17) is 0 Å². The Morgan fingerprint density at radius 1 is 1.32 bits per heavy atom. The fraction of sp³-hybridized carbons (Fsp3) is 0.476. The Bertz CT molecular complexity index is 809. The Kier molecular flexibility index (Phi) is 4.24. The number of aromatic nitrogens is 2. The van der Waals surface area contributed by atoms with Crippen molar-refractivity contribution in [1.82, 2.24) is 9.55 Å². The second kappa shape index (κ2) is 6.41. The van der Waals surface area contributed by atoms with Crippen LogP contribution in [0.15, 0.2) is 41.9 Å². The zero-order valence-corrected chi connectivity index (χ0v) is 14.9. The van der Waals surface area contributed by atoms with Crippen molar-refractivity contribution in [1.29, 1.82) is 0 Å². The van der Waals surface area contributed by atoms with Gasteiger partial charge in [0.1, 0.15) is 5.82 Å². The third kappa shape index (κ3) is 2.82.